The second kappa shape index (κ2) is 10.4. The molecule has 4 rings (SSSR count). The summed E-state index contributed by atoms with van der Waals surface area (Å²) in [5, 5.41) is 11.3. The number of aliphatic hydroxyl groups excluding tert-OH is 1. The van der Waals surface area contributed by atoms with Crippen molar-refractivity contribution >= 4 is 17.4 Å². The minimum Gasteiger partial charge on any atom is -0.507 e. The highest BCUT2D eigenvalue weighted by atomic mass is 16.5. The van der Waals surface area contributed by atoms with Crippen molar-refractivity contribution in [1.29, 1.82) is 0 Å². The molecular weight excluding hydrogens is 450 g/mol. The quantitative estimate of drug-likeness (QED) is 0.330. The first-order chi connectivity index (χ1) is 16.9. The van der Waals surface area contributed by atoms with Gasteiger partial charge in [0.1, 0.15) is 17.6 Å². The van der Waals surface area contributed by atoms with E-state index in [2.05, 4.69) is 0 Å². The van der Waals surface area contributed by atoms with E-state index in [1.807, 2.05) is 26.8 Å². The first-order valence-corrected chi connectivity index (χ1v) is 11.9. The number of rotatable bonds is 9. The van der Waals surface area contributed by atoms with Crippen molar-refractivity contribution in [2.24, 2.45) is 0 Å². The van der Waals surface area contributed by atoms with Gasteiger partial charge in [-0.15, -0.1) is 0 Å². The summed E-state index contributed by atoms with van der Waals surface area (Å²) in [6, 6.07) is 9.81. The van der Waals surface area contributed by atoms with Gasteiger partial charge < -0.3 is 29.0 Å². The number of hydrogen-bond donors (Lipinski definition) is 1. The Kier molecular flexibility index (Phi) is 7.31. The van der Waals surface area contributed by atoms with E-state index in [4.69, 9.17) is 18.9 Å². The number of ether oxygens (including phenoxy) is 4. The summed E-state index contributed by atoms with van der Waals surface area (Å²) < 4.78 is 22.4. The van der Waals surface area contributed by atoms with Gasteiger partial charge in [-0.05, 0) is 62.2 Å². The minimum absolute atomic E-state index is 0.0321. The number of amides is 1. The molecule has 1 amide bonds. The molecule has 2 aromatic carbocycles. The van der Waals surface area contributed by atoms with Gasteiger partial charge in [0.25, 0.3) is 11.7 Å². The molecule has 0 radical (unpaired) electrons. The molecule has 2 aromatic rings. The van der Waals surface area contributed by atoms with Crippen LogP contribution in [0.15, 0.2) is 42.0 Å². The van der Waals surface area contributed by atoms with Gasteiger partial charge in [-0.1, -0.05) is 6.07 Å². The summed E-state index contributed by atoms with van der Waals surface area (Å²) in [4.78, 5) is 27.7. The van der Waals surface area contributed by atoms with Crippen LogP contribution in [0.4, 0.5) is 0 Å². The van der Waals surface area contributed by atoms with Gasteiger partial charge in [0, 0.05) is 25.6 Å². The van der Waals surface area contributed by atoms with E-state index >= 15 is 0 Å². The number of carbonyl (C=O) groups excluding carboxylic acids is 2. The lowest BCUT2D eigenvalue weighted by Crippen LogP contribution is -2.32. The number of hydrogen-bond acceptors (Lipinski definition) is 7. The molecule has 0 saturated carbocycles. The highest BCUT2D eigenvalue weighted by Crippen LogP contribution is 2.42. The molecule has 8 heteroatoms. The van der Waals surface area contributed by atoms with Crippen LogP contribution in [0, 0.1) is 0 Å². The van der Waals surface area contributed by atoms with Crippen LogP contribution in [0.2, 0.25) is 0 Å². The monoisotopic (exact) mass is 481 g/mol. The molecule has 2 heterocycles. The van der Waals surface area contributed by atoms with Gasteiger partial charge in [-0.3, -0.25) is 9.59 Å². The molecule has 186 valence electrons. The van der Waals surface area contributed by atoms with Crippen molar-refractivity contribution in [2.75, 3.05) is 33.5 Å². The highest BCUT2D eigenvalue weighted by molar-refractivity contribution is 6.46. The number of fused-ring (bicyclic) bond motifs is 1. The van der Waals surface area contributed by atoms with Crippen molar-refractivity contribution in [1.82, 2.24) is 4.90 Å². The topological polar surface area (TPSA) is 94.5 Å². The zero-order valence-electron chi connectivity index (χ0n) is 20.5. The van der Waals surface area contributed by atoms with E-state index in [0.717, 1.165) is 11.3 Å². The van der Waals surface area contributed by atoms with E-state index in [1.54, 1.807) is 30.3 Å². The Morgan fingerprint density at radius 1 is 1.09 bits per heavy atom. The third kappa shape index (κ3) is 4.71. The van der Waals surface area contributed by atoms with Gasteiger partial charge in [0.15, 0.2) is 11.5 Å². The molecule has 35 heavy (non-hydrogen) atoms. The molecule has 0 unspecified atom stereocenters. The van der Waals surface area contributed by atoms with Gasteiger partial charge in [0.05, 0.1) is 31.4 Å². The van der Waals surface area contributed by atoms with Crippen LogP contribution in [0.3, 0.4) is 0 Å². The predicted molar refractivity (Wildman–Crippen MR) is 130 cm³/mol. The van der Waals surface area contributed by atoms with Crippen molar-refractivity contribution in [3.05, 3.63) is 58.7 Å². The lowest BCUT2D eigenvalue weighted by molar-refractivity contribution is -0.140. The molecule has 0 bridgehead atoms. The van der Waals surface area contributed by atoms with Crippen molar-refractivity contribution in [3.63, 3.8) is 0 Å². The minimum atomic E-state index is -0.802. The van der Waals surface area contributed by atoms with E-state index < -0.39 is 17.7 Å². The first kappa shape index (κ1) is 24.6. The van der Waals surface area contributed by atoms with Gasteiger partial charge >= 0.3 is 0 Å². The Hall–Kier alpha value is -3.52. The Morgan fingerprint density at radius 3 is 2.54 bits per heavy atom. The summed E-state index contributed by atoms with van der Waals surface area (Å²) in [7, 11) is 1.53. The summed E-state index contributed by atoms with van der Waals surface area (Å²) in [5.41, 5.74) is 2.08. The zero-order chi connectivity index (χ0) is 25.1. The Labute approximate surface area is 205 Å². The summed E-state index contributed by atoms with van der Waals surface area (Å²) in [6.45, 7) is 7.04. The average Bonchev–Trinajstić information content (AvgIpc) is 3.34. The SMILES string of the molecule is CCOc1ccc([C@@H]2/C(=C(\O)c3ccc4c(c3)C[C@@H](C)O4)C(=O)C(=O)N2CCOC)cc1OCC. The molecule has 2 aliphatic heterocycles. The summed E-state index contributed by atoms with van der Waals surface area (Å²) >= 11 is 0. The van der Waals surface area contributed by atoms with E-state index in [-0.39, 0.29) is 30.6 Å². The smallest absolute Gasteiger partial charge is 0.295 e. The van der Waals surface area contributed by atoms with Crippen LogP contribution in [-0.2, 0) is 20.7 Å². The van der Waals surface area contributed by atoms with Gasteiger partial charge in [-0.2, -0.15) is 0 Å². The summed E-state index contributed by atoms with van der Waals surface area (Å²) in [5.74, 6) is 0.202. The molecular formula is C27H31NO7. The van der Waals surface area contributed by atoms with Gasteiger partial charge in [0.2, 0.25) is 0 Å². The number of benzene rings is 2. The van der Waals surface area contributed by atoms with Crippen LogP contribution < -0.4 is 14.2 Å². The Balaban J connectivity index is 1.84. The van der Waals surface area contributed by atoms with E-state index in [9.17, 15) is 14.7 Å². The molecule has 8 nitrogen and oxygen atoms in total. The fourth-order valence-electron chi connectivity index (χ4n) is 4.61. The second-order valence-electron chi connectivity index (χ2n) is 8.51. The largest absolute Gasteiger partial charge is 0.507 e. The lowest BCUT2D eigenvalue weighted by atomic mass is 9.94. The molecule has 1 fully saturated rings. The molecule has 0 aliphatic carbocycles. The molecule has 0 spiro atoms. The van der Waals surface area contributed by atoms with Crippen molar-refractivity contribution in [2.45, 2.75) is 39.3 Å². The van der Waals surface area contributed by atoms with Crippen LogP contribution in [0.25, 0.3) is 5.76 Å². The zero-order valence-corrected chi connectivity index (χ0v) is 20.5. The number of Topliss-reactive ketones (excluding diaryl/α,β-unsaturated/α-hetero) is 1. The first-order valence-electron chi connectivity index (χ1n) is 11.9. The lowest BCUT2D eigenvalue weighted by Gasteiger charge is -2.26. The molecule has 2 aliphatic rings. The second-order valence-corrected chi connectivity index (χ2v) is 8.51. The van der Waals surface area contributed by atoms with Crippen LogP contribution in [-0.4, -0.2) is 61.3 Å². The Morgan fingerprint density at radius 2 is 1.83 bits per heavy atom. The van der Waals surface area contributed by atoms with Gasteiger partial charge in [-0.25, -0.2) is 0 Å². The third-order valence-electron chi connectivity index (χ3n) is 6.13. The number of ketones is 1. The number of likely N-dealkylation sites (tertiary alicyclic amines) is 1. The molecule has 2 atom stereocenters. The number of methoxy groups -OCH3 is 1. The summed E-state index contributed by atoms with van der Waals surface area (Å²) in [6.07, 6.45) is 0.751. The molecule has 1 N–H and O–H groups in total. The maximum Gasteiger partial charge on any atom is 0.295 e. The predicted octanol–water partition coefficient (Wildman–Crippen LogP) is 3.88. The highest BCUT2D eigenvalue weighted by Gasteiger charge is 2.46. The van der Waals surface area contributed by atoms with Crippen LogP contribution in [0.5, 0.6) is 17.2 Å². The molecule has 0 aromatic heterocycles. The van der Waals surface area contributed by atoms with E-state index in [1.165, 1.54) is 12.0 Å². The van der Waals surface area contributed by atoms with Crippen molar-refractivity contribution < 1.29 is 33.6 Å². The normalized spacial score (nSPS) is 20.6. The maximum absolute atomic E-state index is 13.2. The standard InChI is InChI=1S/C27H31NO7/c1-5-33-21-10-7-17(15-22(21)34-6-2)24-23(26(30)27(31)28(24)11-12-32-4)25(29)18-8-9-20-19(14-18)13-16(3)35-20/h7-10,14-16,24,29H,5-6,11-13H2,1-4H3/b25-23+/t16-,24-/m1/s1. The number of carbonyl (C=O) groups is 2. The number of nitrogens with zero attached hydrogens (tertiary/aromatic N) is 1. The average molecular weight is 482 g/mol. The Bertz CT molecular complexity index is 1160. The van der Waals surface area contributed by atoms with E-state index in [0.29, 0.717) is 42.3 Å². The van der Waals surface area contributed by atoms with Crippen LogP contribution in [0.1, 0.15) is 43.5 Å². The number of aliphatic hydroxyl groups is 1. The fraction of sp³-hybridized carbons (Fsp3) is 0.407. The third-order valence-corrected chi connectivity index (χ3v) is 6.13. The van der Waals surface area contributed by atoms with Crippen molar-refractivity contribution in [3.8, 4) is 17.2 Å². The maximum atomic E-state index is 13.2. The van der Waals surface area contributed by atoms with Crippen LogP contribution >= 0.6 is 0 Å². The fourth-order valence-corrected chi connectivity index (χ4v) is 4.61. The molecule has 1 saturated heterocycles.